The summed E-state index contributed by atoms with van der Waals surface area (Å²) in [5, 5.41) is 3.39. The molecule has 1 amide bonds. The molecule has 1 N–H and O–H groups in total. The van der Waals surface area contributed by atoms with Gasteiger partial charge in [0, 0.05) is 17.7 Å². The molecule has 1 fully saturated rings. The number of carbonyl (C=O) groups is 1. The maximum atomic E-state index is 12.1. The number of hydrogen-bond acceptors (Lipinski definition) is 3. The maximum absolute atomic E-state index is 12.1. The van der Waals surface area contributed by atoms with Crippen LogP contribution in [0.1, 0.15) is 47.9 Å². The van der Waals surface area contributed by atoms with Crippen LogP contribution in [-0.4, -0.2) is 19.3 Å². The van der Waals surface area contributed by atoms with Gasteiger partial charge in [-0.1, -0.05) is 25.8 Å². The van der Waals surface area contributed by atoms with E-state index in [0.29, 0.717) is 16.1 Å². The molecule has 0 bridgehead atoms. The second kappa shape index (κ2) is 13.6. The van der Waals surface area contributed by atoms with Gasteiger partial charge in [-0.15, -0.1) is 17.2 Å². The normalized spacial score (nSPS) is 13.3. The van der Waals surface area contributed by atoms with Gasteiger partial charge in [-0.2, -0.15) is 24.4 Å². The number of methoxy groups -OCH3 is 1. The van der Waals surface area contributed by atoms with Crippen molar-refractivity contribution >= 4 is 29.5 Å². The maximum Gasteiger partial charge on any atom is 1.00 e. The van der Waals surface area contributed by atoms with Crippen LogP contribution in [0.3, 0.4) is 0 Å². The monoisotopic (exact) mass is 451 g/mol. The number of carbonyl (C=O) groups excluding carboxylic acids is 2. The molecule has 6 heteroatoms. The van der Waals surface area contributed by atoms with Crippen molar-refractivity contribution in [2.45, 2.75) is 39.5 Å². The first kappa shape index (κ1) is 27.2. The summed E-state index contributed by atoms with van der Waals surface area (Å²) in [4.78, 5) is 22.4. The number of anilines is 1. The molecule has 0 radical (unpaired) electrons. The first-order valence-corrected chi connectivity index (χ1v) is 10.0. The largest absolute Gasteiger partial charge is 1.00 e. The Morgan fingerprint density at radius 2 is 1.83 bits per heavy atom. The molecule has 2 aromatic carbocycles. The van der Waals surface area contributed by atoms with E-state index in [0.717, 1.165) is 48.2 Å². The van der Waals surface area contributed by atoms with Crippen molar-refractivity contribution < 1.29 is 65.7 Å². The summed E-state index contributed by atoms with van der Waals surface area (Å²) in [7, 11) is 1.64. The molecule has 1 aliphatic rings. The number of hydrogen-bond donors (Lipinski definition) is 1. The first-order valence-electron chi connectivity index (χ1n) is 9.63. The summed E-state index contributed by atoms with van der Waals surface area (Å²) in [5.74, 6) is 1.10. The van der Waals surface area contributed by atoms with Crippen molar-refractivity contribution in [3.8, 4) is 5.75 Å². The SMILES string of the molecule is COc1cc(NC(=O)C2CC[CH-]CC2)ccc1C.[CH2-]c1c(C)ccc(Cl)c1[C-]=O.[K+]. The van der Waals surface area contributed by atoms with Crippen molar-refractivity contribution in [2.24, 2.45) is 5.92 Å². The zero-order valence-electron chi connectivity index (χ0n) is 18.2. The molecular formula is C24H27ClKNO3-2. The van der Waals surface area contributed by atoms with Gasteiger partial charge in [0.05, 0.1) is 7.11 Å². The van der Waals surface area contributed by atoms with E-state index in [9.17, 15) is 9.59 Å². The molecule has 0 heterocycles. The minimum absolute atomic E-state index is 0. The molecule has 1 saturated carbocycles. The van der Waals surface area contributed by atoms with Gasteiger partial charge in [-0.3, -0.25) is 17.3 Å². The third-order valence-corrected chi connectivity index (χ3v) is 5.40. The Labute approximate surface area is 227 Å². The average molecular weight is 452 g/mol. The molecule has 1 aliphatic carbocycles. The smallest absolute Gasteiger partial charge is 0.496 e. The Morgan fingerprint density at radius 3 is 2.40 bits per heavy atom. The fourth-order valence-electron chi connectivity index (χ4n) is 3.16. The second-order valence-corrected chi connectivity index (χ2v) is 7.54. The summed E-state index contributed by atoms with van der Waals surface area (Å²) in [6.45, 7) is 7.57. The molecule has 2 aromatic rings. The fourth-order valence-corrected chi connectivity index (χ4v) is 3.38. The van der Waals surface area contributed by atoms with Gasteiger partial charge in [-0.05, 0) is 24.8 Å². The number of nitrogens with one attached hydrogen (secondary N) is 1. The van der Waals surface area contributed by atoms with Crippen LogP contribution in [-0.2, 0) is 9.59 Å². The minimum Gasteiger partial charge on any atom is -0.496 e. The second-order valence-electron chi connectivity index (χ2n) is 7.13. The van der Waals surface area contributed by atoms with E-state index in [4.69, 9.17) is 16.3 Å². The number of halogens is 1. The van der Waals surface area contributed by atoms with Crippen LogP contribution in [0.2, 0.25) is 5.02 Å². The van der Waals surface area contributed by atoms with E-state index >= 15 is 0 Å². The minimum atomic E-state index is 0. The van der Waals surface area contributed by atoms with E-state index in [-0.39, 0.29) is 63.2 Å². The van der Waals surface area contributed by atoms with Gasteiger partial charge in [0.1, 0.15) is 5.75 Å². The number of ether oxygens (including phenoxy) is 1. The fraction of sp³-hybridized carbons (Fsp3) is 0.333. The van der Waals surface area contributed by atoms with Gasteiger partial charge >= 0.3 is 51.4 Å². The van der Waals surface area contributed by atoms with Gasteiger partial charge in [0.15, 0.2) is 0 Å². The molecule has 0 saturated heterocycles. The van der Waals surface area contributed by atoms with E-state index in [1.165, 1.54) is 0 Å². The van der Waals surface area contributed by atoms with Crippen LogP contribution in [0.5, 0.6) is 5.75 Å². The molecule has 0 aromatic heterocycles. The summed E-state index contributed by atoms with van der Waals surface area (Å²) in [6.07, 6.45) is 8.06. The number of amides is 1. The van der Waals surface area contributed by atoms with Crippen LogP contribution >= 0.6 is 11.6 Å². The van der Waals surface area contributed by atoms with E-state index in [2.05, 4.69) is 18.7 Å². The molecule has 3 rings (SSSR count). The summed E-state index contributed by atoms with van der Waals surface area (Å²) in [6, 6.07) is 9.26. The van der Waals surface area contributed by atoms with Gasteiger partial charge in [0.25, 0.3) is 0 Å². The van der Waals surface area contributed by atoms with Crippen molar-refractivity contribution in [3.63, 3.8) is 0 Å². The van der Waals surface area contributed by atoms with Gasteiger partial charge < -0.3 is 21.3 Å². The molecule has 0 aliphatic heterocycles. The summed E-state index contributed by atoms with van der Waals surface area (Å²) >= 11 is 5.70. The van der Waals surface area contributed by atoms with Crippen molar-refractivity contribution in [3.05, 3.63) is 71.0 Å². The van der Waals surface area contributed by atoms with E-state index < -0.39 is 0 Å². The van der Waals surface area contributed by atoms with Crippen LogP contribution < -0.4 is 61.4 Å². The topological polar surface area (TPSA) is 55.4 Å². The molecule has 0 atom stereocenters. The Hall–Kier alpha value is -0.824. The van der Waals surface area contributed by atoms with Crippen molar-refractivity contribution in [2.75, 3.05) is 12.4 Å². The van der Waals surface area contributed by atoms with Crippen molar-refractivity contribution in [1.82, 2.24) is 0 Å². The Balaban J connectivity index is 0.000000324. The van der Waals surface area contributed by atoms with E-state index in [1.54, 1.807) is 19.5 Å². The predicted molar refractivity (Wildman–Crippen MR) is 118 cm³/mol. The van der Waals surface area contributed by atoms with Crippen LogP contribution in [0.15, 0.2) is 30.3 Å². The Bertz CT molecular complexity index is 864. The van der Waals surface area contributed by atoms with Gasteiger partial charge in [-0.25, -0.2) is 11.1 Å². The number of aryl methyl sites for hydroxylation is 2. The zero-order chi connectivity index (χ0) is 21.4. The molecule has 0 spiro atoms. The molecular weight excluding hydrogens is 425 g/mol. The average Bonchev–Trinajstić information content (AvgIpc) is 2.74. The van der Waals surface area contributed by atoms with E-state index in [1.807, 2.05) is 38.1 Å². The third kappa shape index (κ3) is 7.70. The molecule has 0 unspecified atom stereocenters. The Kier molecular flexibility index (Phi) is 12.3. The first-order chi connectivity index (χ1) is 13.9. The number of benzene rings is 2. The predicted octanol–water partition coefficient (Wildman–Crippen LogP) is 2.63. The quantitative estimate of drug-likeness (QED) is 0.574. The van der Waals surface area contributed by atoms with Crippen molar-refractivity contribution in [1.29, 1.82) is 0 Å². The molecule has 4 nitrogen and oxygen atoms in total. The van der Waals surface area contributed by atoms with Gasteiger partial charge in [0.2, 0.25) is 5.91 Å². The number of rotatable bonds is 4. The van der Waals surface area contributed by atoms with Crippen LogP contribution in [0, 0.1) is 33.1 Å². The molecule has 156 valence electrons. The zero-order valence-corrected chi connectivity index (χ0v) is 22.1. The molecule has 30 heavy (non-hydrogen) atoms. The summed E-state index contributed by atoms with van der Waals surface area (Å²) in [5.41, 5.74) is 3.87. The Morgan fingerprint density at radius 1 is 1.20 bits per heavy atom. The third-order valence-electron chi connectivity index (χ3n) is 5.08. The standard InChI is InChI=1S/C15H20NO2.C9H7ClO.K/c1-11-8-9-13(10-14(11)18-2)16-15(17)12-6-4-3-5-7-12;1-6-3-4-9(10)8(5-11)7(6)2;/h3,8-10,12H,4-7H2,1-2H3,(H,16,17);3-4H,2H2,1H3;/q-1;-2;+1. The summed E-state index contributed by atoms with van der Waals surface area (Å²) < 4.78 is 5.26. The van der Waals surface area contributed by atoms with Crippen LogP contribution in [0.4, 0.5) is 5.69 Å². The van der Waals surface area contributed by atoms with Crippen LogP contribution in [0.25, 0.3) is 0 Å².